The summed E-state index contributed by atoms with van der Waals surface area (Å²) in [7, 11) is -3.24. The van der Waals surface area contributed by atoms with Crippen LogP contribution in [0.25, 0.3) is 0 Å². The van der Waals surface area contributed by atoms with Crippen LogP contribution in [0, 0.1) is 6.92 Å². The maximum Gasteiger partial charge on any atom is 0.182 e. The van der Waals surface area contributed by atoms with Crippen molar-refractivity contribution in [2.75, 3.05) is 6.54 Å². The van der Waals surface area contributed by atoms with Crippen molar-refractivity contribution < 1.29 is 8.42 Å². The molecule has 0 spiro atoms. The summed E-state index contributed by atoms with van der Waals surface area (Å²) in [5.41, 5.74) is 1.09. The van der Waals surface area contributed by atoms with E-state index in [1.54, 1.807) is 12.1 Å². The van der Waals surface area contributed by atoms with E-state index in [2.05, 4.69) is 12.2 Å². The fraction of sp³-hybridized carbons (Fsp3) is 0.647. The van der Waals surface area contributed by atoms with Crippen LogP contribution in [-0.4, -0.2) is 26.3 Å². The summed E-state index contributed by atoms with van der Waals surface area (Å²) in [6, 6.07) is 7.38. The molecule has 2 atom stereocenters. The predicted molar refractivity (Wildman–Crippen MR) is 87.3 cm³/mol. The van der Waals surface area contributed by atoms with Gasteiger partial charge >= 0.3 is 0 Å². The molecule has 0 aliphatic heterocycles. The second-order valence-electron chi connectivity index (χ2n) is 6.10. The van der Waals surface area contributed by atoms with Crippen LogP contribution in [0.15, 0.2) is 29.2 Å². The van der Waals surface area contributed by atoms with E-state index >= 15 is 0 Å². The van der Waals surface area contributed by atoms with E-state index in [9.17, 15) is 8.42 Å². The molecular weight excluding hydrogens is 282 g/mol. The normalized spacial score (nSPS) is 23.7. The van der Waals surface area contributed by atoms with Gasteiger partial charge in [-0.1, -0.05) is 43.9 Å². The van der Waals surface area contributed by atoms with Crippen LogP contribution in [0.4, 0.5) is 0 Å². The highest BCUT2D eigenvalue weighted by molar-refractivity contribution is 7.92. The molecule has 1 fully saturated rings. The highest BCUT2D eigenvalue weighted by Crippen LogP contribution is 2.28. The summed E-state index contributed by atoms with van der Waals surface area (Å²) in [5, 5.41) is 3.19. The van der Waals surface area contributed by atoms with E-state index in [0.29, 0.717) is 4.90 Å². The van der Waals surface area contributed by atoms with Gasteiger partial charge in [-0.25, -0.2) is 8.42 Å². The van der Waals surface area contributed by atoms with E-state index in [-0.39, 0.29) is 11.3 Å². The lowest BCUT2D eigenvalue weighted by Crippen LogP contribution is -2.43. The molecule has 1 aromatic carbocycles. The van der Waals surface area contributed by atoms with Gasteiger partial charge in [0.15, 0.2) is 9.84 Å². The molecule has 1 aliphatic carbocycles. The van der Waals surface area contributed by atoms with Gasteiger partial charge in [-0.2, -0.15) is 0 Å². The second kappa shape index (κ2) is 7.41. The number of sulfone groups is 1. The van der Waals surface area contributed by atoms with Crippen molar-refractivity contribution in [1.82, 2.24) is 5.32 Å². The van der Waals surface area contributed by atoms with Gasteiger partial charge in [0.2, 0.25) is 0 Å². The van der Waals surface area contributed by atoms with Crippen molar-refractivity contribution in [3.8, 4) is 0 Å². The van der Waals surface area contributed by atoms with Gasteiger partial charge in [0.1, 0.15) is 0 Å². The van der Waals surface area contributed by atoms with Gasteiger partial charge in [0, 0.05) is 6.04 Å². The minimum atomic E-state index is -3.24. The molecule has 21 heavy (non-hydrogen) atoms. The van der Waals surface area contributed by atoms with E-state index in [1.807, 2.05) is 19.1 Å². The fourth-order valence-electron chi connectivity index (χ4n) is 3.11. The molecule has 0 radical (unpaired) electrons. The SMILES string of the molecule is CCCNC1CCCCCC1S(=O)(=O)c1ccc(C)cc1. The Balaban J connectivity index is 2.27. The van der Waals surface area contributed by atoms with Crippen molar-refractivity contribution in [2.45, 2.75) is 68.6 Å². The van der Waals surface area contributed by atoms with Crippen molar-refractivity contribution in [3.05, 3.63) is 29.8 Å². The molecule has 118 valence electrons. The summed E-state index contributed by atoms with van der Waals surface area (Å²) in [6.07, 6.45) is 6.06. The smallest absolute Gasteiger partial charge is 0.182 e. The molecule has 2 unspecified atom stereocenters. The lowest BCUT2D eigenvalue weighted by molar-refractivity contribution is 0.450. The molecule has 2 rings (SSSR count). The zero-order valence-electron chi connectivity index (χ0n) is 13.1. The van der Waals surface area contributed by atoms with Crippen LogP contribution < -0.4 is 5.32 Å². The summed E-state index contributed by atoms with van der Waals surface area (Å²) in [4.78, 5) is 0.475. The Morgan fingerprint density at radius 3 is 2.43 bits per heavy atom. The van der Waals surface area contributed by atoms with Crippen LogP contribution in [0.5, 0.6) is 0 Å². The number of benzene rings is 1. The van der Waals surface area contributed by atoms with Crippen LogP contribution >= 0.6 is 0 Å². The van der Waals surface area contributed by atoms with E-state index in [0.717, 1.165) is 50.6 Å². The number of rotatable bonds is 5. The van der Waals surface area contributed by atoms with Crippen LogP contribution in [0.3, 0.4) is 0 Å². The van der Waals surface area contributed by atoms with Gasteiger partial charge in [0.25, 0.3) is 0 Å². The van der Waals surface area contributed by atoms with E-state index in [4.69, 9.17) is 0 Å². The Morgan fingerprint density at radius 2 is 1.76 bits per heavy atom. The first-order valence-corrected chi connectivity index (χ1v) is 9.64. The third-order valence-corrected chi connectivity index (χ3v) is 6.65. The first kappa shape index (κ1) is 16.5. The van der Waals surface area contributed by atoms with Gasteiger partial charge in [-0.05, 0) is 44.9 Å². The third-order valence-electron chi connectivity index (χ3n) is 4.36. The molecule has 0 saturated heterocycles. The molecule has 0 amide bonds. The lowest BCUT2D eigenvalue weighted by atomic mass is 10.1. The Kier molecular flexibility index (Phi) is 5.82. The highest BCUT2D eigenvalue weighted by atomic mass is 32.2. The molecule has 1 aromatic rings. The topological polar surface area (TPSA) is 46.2 Å². The minimum Gasteiger partial charge on any atom is -0.313 e. The quantitative estimate of drug-likeness (QED) is 0.847. The summed E-state index contributed by atoms with van der Waals surface area (Å²) < 4.78 is 26.0. The van der Waals surface area contributed by atoms with Crippen molar-refractivity contribution >= 4 is 9.84 Å². The van der Waals surface area contributed by atoms with Crippen LogP contribution in [0.1, 0.15) is 51.0 Å². The van der Waals surface area contributed by atoms with Gasteiger partial charge in [-0.15, -0.1) is 0 Å². The third kappa shape index (κ3) is 4.07. The monoisotopic (exact) mass is 309 g/mol. The Hall–Kier alpha value is -0.870. The summed E-state index contributed by atoms with van der Waals surface area (Å²) >= 11 is 0. The van der Waals surface area contributed by atoms with Gasteiger partial charge < -0.3 is 5.32 Å². The van der Waals surface area contributed by atoms with Gasteiger partial charge in [-0.3, -0.25) is 0 Å². The number of hydrogen-bond acceptors (Lipinski definition) is 3. The first-order valence-electron chi connectivity index (χ1n) is 8.09. The summed E-state index contributed by atoms with van der Waals surface area (Å²) in [5.74, 6) is 0. The molecule has 4 heteroatoms. The molecule has 0 heterocycles. The Morgan fingerprint density at radius 1 is 1.10 bits per heavy atom. The molecule has 1 saturated carbocycles. The first-order chi connectivity index (χ1) is 10.1. The molecule has 1 N–H and O–H groups in total. The van der Waals surface area contributed by atoms with Gasteiger partial charge in [0.05, 0.1) is 10.1 Å². The fourth-order valence-corrected chi connectivity index (χ4v) is 5.12. The van der Waals surface area contributed by atoms with Crippen molar-refractivity contribution in [3.63, 3.8) is 0 Å². The zero-order valence-corrected chi connectivity index (χ0v) is 14.0. The standard InChI is InChI=1S/C17H27NO2S/c1-3-13-18-16-7-5-4-6-8-17(16)21(19,20)15-11-9-14(2)10-12-15/h9-12,16-18H,3-8,13H2,1-2H3. The number of hydrogen-bond donors (Lipinski definition) is 1. The average molecular weight is 309 g/mol. The Labute approximate surface area is 129 Å². The predicted octanol–water partition coefficient (Wildman–Crippen LogP) is 3.47. The zero-order chi connectivity index (χ0) is 15.3. The van der Waals surface area contributed by atoms with Crippen LogP contribution in [-0.2, 0) is 9.84 Å². The molecule has 0 bridgehead atoms. The molecule has 3 nitrogen and oxygen atoms in total. The highest BCUT2D eigenvalue weighted by Gasteiger charge is 2.35. The molecule has 1 aliphatic rings. The summed E-state index contributed by atoms with van der Waals surface area (Å²) in [6.45, 7) is 4.99. The maximum atomic E-state index is 13.0. The Bertz CT molecular complexity index is 536. The largest absolute Gasteiger partial charge is 0.313 e. The van der Waals surface area contributed by atoms with Crippen molar-refractivity contribution in [2.24, 2.45) is 0 Å². The minimum absolute atomic E-state index is 0.0961. The molecular formula is C17H27NO2S. The number of nitrogens with one attached hydrogen (secondary N) is 1. The van der Waals surface area contributed by atoms with Crippen LogP contribution in [0.2, 0.25) is 0 Å². The van der Waals surface area contributed by atoms with E-state index in [1.165, 1.54) is 0 Å². The number of aryl methyl sites for hydroxylation is 1. The van der Waals surface area contributed by atoms with Crippen molar-refractivity contribution in [1.29, 1.82) is 0 Å². The lowest BCUT2D eigenvalue weighted by Gasteiger charge is -2.26. The average Bonchev–Trinajstić information content (AvgIpc) is 2.71. The second-order valence-corrected chi connectivity index (χ2v) is 8.26. The molecule has 0 aromatic heterocycles. The maximum absolute atomic E-state index is 13.0. The van der Waals surface area contributed by atoms with E-state index < -0.39 is 9.84 Å².